The molecular formula is C62H68O26. The van der Waals surface area contributed by atoms with Crippen molar-refractivity contribution in [1.29, 1.82) is 0 Å². The lowest BCUT2D eigenvalue weighted by Crippen LogP contribution is -2.65. The molecule has 88 heavy (non-hydrogen) atoms. The highest BCUT2D eigenvalue weighted by Gasteiger charge is 2.58. The molecule has 0 spiro atoms. The second-order valence-electron chi connectivity index (χ2n) is 20.9. The van der Waals surface area contributed by atoms with Crippen molar-refractivity contribution in [3.8, 4) is 0 Å². The summed E-state index contributed by atoms with van der Waals surface area (Å²) in [7, 11) is 0. The van der Waals surface area contributed by atoms with E-state index in [1.54, 1.807) is 76.2 Å². The first kappa shape index (κ1) is 66.9. The Labute approximate surface area is 505 Å². The Morgan fingerprint density at radius 3 is 0.943 bits per heavy atom. The molecule has 0 amide bonds. The lowest BCUT2D eigenvalue weighted by atomic mass is 9.96. The largest absolute Gasteiger partial charge is 0.459 e. The van der Waals surface area contributed by atoms with Gasteiger partial charge in [-0.3, -0.25) is 28.8 Å². The van der Waals surface area contributed by atoms with Gasteiger partial charge < -0.3 is 76.2 Å². The van der Waals surface area contributed by atoms with Gasteiger partial charge in [0.05, 0.1) is 35.5 Å². The molecule has 472 valence electrons. The third kappa shape index (κ3) is 18.0. The molecule has 0 bridgehead atoms. The molecule has 3 fully saturated rings. The molecule has 26 heteroatoms. The number of carbonyl (C=O) groups is 10. The van der Waals surface area contributed by atoms with Crippen molar-refractivity contribution in [2.45, 2.75) is 161 Å². The number of carbonyl (C=O) groups excluding carboxylic acids is 10. The lowest BCUT2D eigenvalue weighted by molar-refractivity contribution is -0.341. The highest BCUT2D eigenvalue weighted by Crippen LogP contribution is 2.36. The van der Waals surface area contributed by atoms with Crippen LogP contribution < -0.4 is 0 Å². The third-order valence-corrected chi connectivity index (χ3v) is 13.7. The molecule has 0 radical (unpaired) electrons. The van der Waals surface area contributed by atoms with E-state index in [2.05, 4.69) is 0 Å². The summed E-state index contributed by atoms with van der Waals surface area (Å²) in [5.74, 6) is -9.79. The summed E-state index contributed by atoms with van der Waals surface area (Å²) in [6.07, 6.45) is -27.4. The molecule has 4 aromatic rings. The number of ether oxygens (including phenoxy) is 15. The smallest absolute Gasteiger partial charge is 0.338 e. The Bertz CT molecular complexity index is 3140. The van der Waals surface area contributed by atoms with E-state index in [4.69, 9.17) is 71.1 Å². The maximum absolute atomic E-state index is 14.5. The Morgan fingerprint density at radius 1 is 0.318 bits per heavy atom. The van der Waals surface area contributed by atoms with Crippen LogP contribution in [0.3, 0.4) is 0 Å². The van der Waals surface area contributed by atoms with E-state index >= 15 is 0 Å². The van der Waals surface area contributed by atoms with E-state index in [0.717, 1.165) is 63.8 Å². The molecule has 0 unspecified atom stereocenters. The Balaban J connectivity index is 1.33. The fourth-order valence-electron chi connectivity index (χ4n) is 9.63. The third-order valence-electron chi connectivity index (χ3n) is 13.7. The van der Waals surface area contributed by atoms with Crippen LogP contribution in [-0.4, -0.2) is 177 Å². The van der Waals surface area contributed by atoms with Crippen molar-refractivity contribution in [3.63, 3.8) is 0 Å². The quantitative estimate of drug-likeness (QED) is 0.0883. The van der Waals surface area contributed by atoms with Gasteiger partial charge in [0.2, 0.25) is 0 Å². The van der Waals surface area contributed by atoms with Crippen LogP contribution in [0.15, 0.2) is 97.1 Å². The Kier molecular flexibility index (Phi) is 23.0. The van der Waals surface area contributed by atoms with E-state index in [9.17, 15) is 53.1 Å². The fraction of sp³-hybridized carbons (Fsp3) is 0.452. The number of hydrogen-bond acceptors (Lipinski definition) is 26. The molecular weight excluding hydrogens is 1160 g/mol. The lowest BCUT2D eigenvalue weighted by Gasteiger charge is -2.47. The van der Waals surface area contributed by atoms with Crippen molar-refractivity contribution >= 4 is 59.7 Å². The van der Waals surface area contributed by atoms with Crippen molar-refractivity contribution in [1.82, 2.24) is 0 Å². The van der Waals surface area contributed by atoms with E-state index in [1.165, 1.54) is 48.5 Å². The number of benzene rings is 4. The van der Waals surface area contributed by atoms with Crippen LogP contribution in [0.25, 0.3) is 0 Å². The van der Waals surface area contributed by atoms with Crippen LogP contribution in [0.1, 0.15) is 105 Å². The number of aryl methyl sites for hydroxylation is 4. The Morgan fingerprint density at radius 2 is 0.568 bits per heavy atom. The monoisotopic (exact) mass is 1230 g/mol. The minimum absolute atomic E-state index is 0.00715. The number of hydrogen-bond donors (Lipinski definition) is 1. The molecule has 3 aliphatic rings. The van der Waals surface area contributed by atoms with Crippen molar-refractivity contribution in [3.05, 3.63) is 142 Å². The molecule has 4 aromatic carbocycles. The first-order valence-electron chi connectivity index (χ1n) is 27.7. The summed E-state index contributed by atoms with van der Waals surface area (Å²) in [4.78, 5) is 133. The molecule has 7 rings (SSSR count). The van der Waals surface area contributed by atoms with Gasteiger partial charge in [0.25, 0.3) is 0 Å². The van der Waals surface area contributed by atoms with Gasteiger partial charge in [-0.05, 0) is 76.2 Å². The topological polar surface area (TPSA) is 329 Å². The zero-order valence-electron chi connectivity index (χ0n) is 49.7. The summed E-state index contributed by atoms with van der Waals surface area (Å²) in [6.45, 7) is 10.6. The minimum atomic E-state index is -2.06. The minimum Gasteiger partial charge on any atom is -0.459 e. The van der Waals surface area contributed by atoms with Crippen molar-refractivity contribution in [2.75, 3.05) is 19.8 Å². The summed E-state index contributed by atoms with van der Waals surface area (Å²) in [5.41, 5.74) is 3.26. The standard InChI is InChI=1S/C62H68O26/c1-30-11-19-40(20-12-30)56(69)74-27-45-49(86-57(70)41-21-13-31(2)14-22-41)52(87-58(71)42-23-15-32(3)16-24-42)55(88-59(72)43-25-17-33(4)18-26-43)62(84-45)76-29-46-48(78-35(6)64)51(80-37(8)66)54(82-39(10)68)61(85-46)75-28-44-47(77-34(5)63)50(79-36(7)65)53(60(73)83-44)81-38(9)67/h11-26,44-55,60-62,73H,27-29H2,1-10H3/t44-,45-,46-,47-,48-,49-,50+,51+,52+,53-,54-,55-,60+,61-,62-/m1/s1. The molecule has 26 nitrogen and oxygen atoms in total. The van der Waals surface area contributed by atoms with E-state index in [1.807, 2.05) is 0 Å². The van der Waals surface area contributed by atoms with Gasteiger partial charge in [-0.1, -0.05) is 70.8 Å². The molecule has 0 aliphatic carbocycles. The summed E-state index contributed by atoms with van der Waals surface area (Å²) in [5, 5.41) is 11.1. The second-order valence-corrected chi connectivity index (χ2v) is 20.9. The van der Waals surface area contributed by atoms with Crippen LogP contribution in [0.2, 0.25) is 0 Å². The number of aliphatic hydroxyl groups is 1. The maximum Gasteiger partial charge on any atom is 0.338 e. The molecule has 1 N–H and O–H groups in total. The first-order valence-corrected chi connectivity index (χ1v) is 27.7. The average Bonchev–Trinajstić information content (AvgIpc) is 1.06. The van der Waals surface area contributed by atoms with Gasteiger partial charge in [0.15, 0.2) is 73.8 Å². The normalized spacial score (nSPS) is 26.6. The van der Waals surface area contributed by atoms with Gasteiger partial charge in [0, 0.05) is 41.5 Å². The molecule has 3 heterocycles. The summed E-state index contributed by atoms with van der Waals surface area (Å²) < 4.78 is 89.0. The van der Waals surface area contributed by atoms with Crippen LogP contribution in [0.5, 0.6) is 0 Å². The predicted octanol–water partition coefficient (Wildman–Crippen LogP) is 4.54. The van der Waals surface area contributed by atoms with E-state index in [-0.39, 0.29) is 22.3 Å². The molecule has 0 aromatic heterocycles. The summed E-state index contributed by atoms with van der Waals surface area (Å²) in [6, 6.07) is 24.9. The van der Waals surface area contributed by atoms with Crippen molar-refractivity contribution < 1.29 is 124 Å². The van der Waals surface area contributed by atoms with E-state index < -0.39 is 172 Å². The van der Waals surface area contributed by atoms with Crippen LogP contribution in [0.4, 0.5) is 0 Å². The first-order chi connectivity index (χ1) is 41.7. The molecule has 0 saturated carbocycles. The van der Waals surface area contributed by atoms with Gasteiger partial charge in [-0.15, -0.1) is 0 Å². The number of aliphatic hydroxyl groups excluding tert-OH is 1. The second kappa shape index (κ2) is 30.3. The number of esters is 10. The van der Waals surface area contributed by atoms with Crippen molar-refractivity contribution in [2.24, 2.45) is 0 Å². The zero-order chi connectivity index (χ0) is 64.1. The SMILES string of the molecule is CC(=O)O[C@@H]1[C@@H](OC(C)=O)[C@@H](O)O[C@H](CO[C@@H]2O[C@H](CO[C@@H]3O[C@H](COC(=O)c4ccc(C)cc4)[C@@H](OC(=O)c4ccc(C)cc4)[C@H](OC(=O)c4ccc(C)cc4)[C@H]3OC(=O)c3ccc(C)cc3)[C@@H](OC(C)=O)[C@H](OC(C)=O)[C@H]2OC(C)=O)[C@H]1OC(C)=O. The van der Waals surface area contributed by atoms with Gasteiger partial charge in [-0.2, -0.15) is 0 Å². The fourth-order valence-corrected chi connectivity index (χ4v) is 9.63. The highest BCUT2D eigenvalue weighted by molar-refractivity contribution is 5.92. The van der Waals surface area contributed by atoms with Crippen LogP contribution in [0, 0.1) is 27.7 Å². The average molecular weight is 1230 g/mol. The summed E-state index contributed by atoms with van der Waals surface area (Å²) >= 11 is 0. The van der Waals surface area contributed by atoms with Crippen LogP contribution in [-0.2, 0) is 99.8 Å². The molecule has 3 saturated heterocycles. The maximum atomic E-state index is 14.5. The van der Waals surface area contributed by atoms with Gasteiger partial charge >= 0.3 is 59.7 Å². The predicted molar refractivity (Wildman–Crippen MR) is 296 cm³/mol. The number of rotatable bonds is 21. The van der Waals surface area contributed by atoms with Crippen LogP contribution >= 0.6 is 0 Å². The zero-order valence-corrected chi connectivity index (χ0v) is 49.7. The highest BCUT2D eigenvalue weighted by atomic mass is 16.8. The Hall–Kier alpha value is -8.66. The van der Waals surface area contributed by atoms with E-state index in [0.29, 0.717) is 0 Å². The molecule has 3 aliphatic heterocycles. The van der Waals surface area contributed by atoms with Gasteiger partial charge in [0.1, 0.15) is 24.9 Å². The molecule has 15 atom stereocenters. The van der Waals surface area contributed by atoms with Gasteiger partial charge in [-0.25, -0.2) is 19.2 Å².